The number of aryl methyl sites for hydroxylation is 2. The van der Waals surface area contributed by atoms with Crippen molar-refractivity contribution < 1.29 is 27.1 Å². The molecular formula is C22H26ClF4N3O2. The highest BCUT2D eigenvalue weighted by Gasteiger charge is 2.37. The predicted octanol–water partition coefficient (Wildman–Crippen LogP) is 6.18. The number of fused-ring (bicyclic) bond motifs is 1. The Balaban J connectivity index is 1.91. The molecule has 1 aliphatic heterocycles. The number of amides is 1. The lowest BCUT2D eigenvalue weighted by atomic mass is 9.99. The highest BCUT2D eigenvalue weighted by molar-refractivity contribution is 6.30. The standard InChI is InChI=1S/C22H26ClF4N3O2/c1-5-17-28-19(23)18-16(29(10-11-30(17)18)20(31)32-21(2,3)4)9-7-13-6-8-14(12-15(13)24)22(25,26)27/h6,8,12,16H,5,7,9-11H2,1-4H3. The zero-order valence-corrected chi connectivity index (χ0v) is 19.1. The number of halogens is 5. The summed E-state index contributed by atoms with van der Waals surface area (Å²) in [4.78, 5) is 18.8. The van der Waals surface area contributed by atoms with Gasteiger partial charge < -0.3 is 9.30 Å². The van der Waals surface area contributed by atoms with E-state index in [1.807, 2.05) is 11.5 Å². The molecule has 0 N–H and O–H groups in total. The van der Waals surface area contributed by atoms with Crippen LogP contribution in [0, 0.1) is 5.82 Å². The molecule has 176 valence electrons. The van der Waals surface area contributed by atoms with E-state index in [9.17, 15) is 22.4 Å². The number of hydrogen-bond acceptors (Lipinski definition) is 3. The van der Waals surface area contributed by atoms with Gasteiger partial charge >= 0.3 is 12.3 Å². The number of ether oxygens (including phenoxy) is 1. The number of alkyl halides is 3. The average molecular weight is 476 g/mol. The molecule has 0 spiro atoms. The molecule has 2 heterocycles. The minimum Gasteiger partial charge on any atom is -0.444 e. The highest BCUT2D eigenvalue weighted by Crippen LogP contribution is 2.37. The number of nitrogens with zero attached hydrogens (tertiary/aromatic N) is 3. The fourth-order valence-corrected chi connectivity index (χ4v) is 4.21. The van der Waals surface area contributed by atoms with E-state index in [0.29, 0.717) is 31.3 Å². The first-order valence-electron chi connectivity index (χ1n) is 10.4. The third-order valence-electron chi connectivity index (χ3n) is 5.31. The number of aromatic nitrogens is 2. The van der Waals surface area contributed by atoms with Gasteiger partial charge in [0.25, 0.3) is 0 Å². The van der Waals surface area contributed by atoms with Gasteiger partial charge in [0.05, 0.1) is 17.3 Å². The maximum absolute atomic E-state index is 14.4. The largest absolute Gasteiger partial charge is 0.444 e. The van der Waals surface area contributed by atoms with E-state index in [1.54, 1.807) is 20.8 Å². The third-order valence-corrected chi connectivity index (χ3v) is 5.59. The molecule has 10 heteroatoms. The van der Waals surface area contributed by atoms with Crippen LogP contribution < -0.4 is 0 Å². The van der Waals surface area contributed by atoms with Crippen molar-refractivity contribution in [1.82, 2.24) is 14.5 Å². The van der Waals surface area contributed by atoms with E-state index in [1.165, 1.54) is 4.90 Å². The van der Waals surface area contributed by atoms with E-state index >= 15 is 0 Å². The molecule has 1 aliphatic rings. The Morgan fingerprint density at radius 3 is 2.50 bits per heavy atom. The molecule has 1 aromatic heterocycles. The van der Waals surface area contributed by atoms with Crippen molar-refractivity contribution in [2.24, 2.45) is 0 Å². The van der Waals surface area contributed by atoms with Gasteiger partial charge in [0.2, 0.25) is 0 Å². The van der Waals surface area contributed by atoms with Crippen molar-refractivity contribution in [2.75, 3.05) is 6.54 Å². The maximum atomic E-state index is 14.4. The second kappa shape index (κ2) is 8.92. The summed E-state index contributed by atoms with van der Waals surface area (Å²) in [7, 11) is 0. The van der Waals surface area contributed by atoms with Crippen LogP contribution in [0.15, 0.2) is 18.2 Å². The Labute approximate surface area is 189 Å². The number of rotatable bonds is 4. The number of benzene rings is 1. The first-order valence-corrected chi connectivity index (χ1v) is 10.8. The Hall–Kier alpha value is -2.29. The number of carbonyl (C=O) groups excluding carboxylic acids is 1. The molecule has 3 rings (SSSR count). The molecular weight excluding hydrogens is 450 g/mol. The molecule has 1 amide bonds. The van der Waals surface area contributed by atoms with Crippen molar-refractivity contribution in [2.45, 2.75) is 71.3 Å². The molecule has 0 fully saturated rings. The fraction of sp³-hybridized carbons (Fsp3) is 0.545. The van der Waals surface area contributed by atoms with Crippen molar-refractivity contribution >= 4 is 17.7 Å². The summed E-state index contributed by atoms with van der Waals surface area (Å²) in [5.41, 5.74) is -0.990. The quantitative estimate of drug-likeness (QED) is 0.496. The van der Waals surface area contributed by atoms with E-state index in [0.717, 1.165) is 18.0 Å². The molecule has 5 nitrogen and oxygen atoms in total. The van der Waals surface area contributed by atoms with Gasteiger partial charge in [-0.3, -0.25) is 4.90 Å². The van der Waals surface area contributed by atoms with Crippen LogP contribution in [-0.4, -0.2) is 32.7 Å². The summed E-state index contributed by atoms with van der Waals surface area (Å²) in [5.74, 6) is -0.159. The molecule has 1 aromatic carbocycles. The van der Waals surface area contributed by atoms with Crippen LogP contribution in [0.1, 0.15) is 62.8 Å². The normalized spacial score (nSPS) is 16.8. The Bertz CT molecular complexity index is 998. The minimum absolute atomic E-state index is 0.108. The summed E-state index contributed by atoms with van der Waals surface area (Å²) in [6.45, 7) is 8.05. The molecule has 32 heavy (non-hydrogen) atoms. The van der Waals surface area contributed by atoms with E-state index < -0.39 is 35.3 Å². The molecule has 2 aromatic rings. The van der Waals surface area contributed by atoms with Crippen molar-refractivity contribution in [3.63, 3.8) is 0 Å². The van der Waals surface area contributed by atoms with Crippen LogP contribution in [0.2, 0.25) is 5.15 Å². The lowest BCUT2D eigenvalue weighted by Crippen LogP contribution is -2.45. The Morgan fingerprint density at radius 2 is 1.94 bits per heavy atom. The van der Waals surface area contributed by atoms with Gasteiger partial charge in [0.1, 0.15) is 17.2 Å². The van der Waals surface area contributed by atoms with Gasteiger partial charge in [-0.1, -0.05) is 24.6 Å². The van der Waals surface area contributed by atoms with E-state index in [4.69, 9.17) is 16.3 Å². The van der Waals surface area contributed by atoms with Gasteiger partial charge in [0, 0.05) is 19.5 Å². The van der Waals surface area contributed by atoms with E-state index in [-0.39, 0.29) is 23.6 Å². The maximum Gasteiger partial charge on any atom is 0.416 e. The minimum atomic E-state index is -4.62. The number of carbonyl (C=O) groups is 1. The first-order chi connectivity index (χ1) is 14.8. The fourth-order valence-electron chi connectivity index (χ4n) is 3.88. The van der Waals surface area contributed by atoms with Crippen molar-refractivity contribution in [1.29, 1.82) is 0 Å². The molecule has 0 saturated heterocycles. The molecule has 0 saturated carbocycles. The lowest BCUT2D eigenvalue weighted by Gasteiger charge is -2.38. The van der Waals surface area contributed by atoms with Crippen molar-refractivity contribution in [3.8, 4) is 0 Å². The second-order valence-corrected chi connectivity index (χ2v) is 9.10. The predicted molar refractivity (Wildman–Crippen MR) is 112 cm³/mol. The zero-order valence-electron chi connectivity index (χ0n) is 18.4. The summed E-state index contributed by atoms with van der Waals surface area (Å²) >= 11 is 6.41. The van der Waals surface area contributed by atoms with Crippen LogP contribution >= 0.6 is 11.6 Å². The summed E-state index contributed by atoms with van der Waals surface area (Å²) in [6, 6.07) is 1.93. The summed E-state index contributed by atoms with van der Waals surface area (Å²) in [6.07, 6.45) is -4.15. The van der Waals surface area contributed by atoms with Crippen LogP contribution in [0.4, 0.5) is 22.4 Å². The van der Waals surface area contributed by atoms with Gasteiger partial charge in [-0.05, 0) is 51.3 Å². The summed E-state index contributed by atoms with van der Waals surface area (Å²) < 4.78 is 60.4. The Morgan fingerprint density at radius 1 is 1.25 bits per heavy atom. The van der Waals surface area contributed by atoms with Crippen LogP contribution in [-0.2, 0) is 30.3 Å². The zero-order chi connectivity index (χ0) is 23.8. The first kappa shape index (κ1) is 24.4. The van der Waals surface area contributed by atoms with Gasteiger partial charge in [-0.15, -0.1) is 0 Å². The lowest BCUT2D eigenvalue weighted by molar-refractivity contribution is -0.137. The molecule has 0 radical (unpaired) electrons. The number of imidazole rings is 1. The topological polar surface area (TPSA) is 47.4 Å². The third kappa shape index (κ3) is 5.19. The number of hydrogen-bond donors (Lipinski definition) is 0. The van der Waals surface area contributed by atoms with Gasteiger partial charge in [-0.25, -0.2) is 14.2 Å². The van der Waals surface area contributed by atoms with Crippen LogP contribution in [0.3, 0.4) is 0 Å². The second-order valence-electron chi connectivity index (χ2n) is 8.74. The smallest absolute Gasteiger partial charge is 0.416 e. The molecule has 0 aliphatic carbocycles. The van der Waals surface area contributed by atoms with Crippen LogP contribution in [0.25, 0.3) is 0 Å². The Kier molecular flexibility index (Phi) is 6.79. The van der Waals surface area contributed by atoms with Crippen LogP contribution in [0.5, 0.6) is 0 Å². The highest BCUT2D eigenvalue weighted by atomic mass is 35.5. The molecule has 0 bridgehead atoms. The van der Waals surface area contributed by atoms with Gasteiger partial charge in [0.15, 0.2) is 5.15 Å². The van der Waals surface area contributed by atoms with Gasteiger partial charge in [-0.2, -0.15) is 13.2 Å². The van der Waals surface area contributed by atoms with Crippen molar-refractivity contribution in [3.05, 3.63) is 51.8 Å². The monoisotopic (exact) mass is 475 g/mol. The SMILES string of the molecule is CCc1nc(Cl)c2n1CCN(C(=O)OC(C)(C)C)C2CCc1ccc(C(F)(F)F)cc1F. The average Bonchev–Trinajstić information content (AvgIpc) is 3.00. The summed E-state index contributed by atoms with van der Waals surface area (Å²) in [5, 5.41) is 0.257. The van der Waals surface area contributed by atoms with E-state index in [2.05, 4.69) is 4.98 Å². The molecule has 1 unspecified atom stereocenters. The molecule has 1 atom stereocenters.